The molecule has 100 valence electrons. The fourth-order valence-electron chi connectivity index (χ4n) is 1.90. The zero-order valence-corrected chi connectivity index (χ0v) is 11.4. The van der Waals surface area contributed by atoms with Crippen molar-refractivity contribution in [2.75, 3.05) is 7.11 Å². The number of rotatable bonds is 5. The number of hydrogen-bond donors (Lipinski definition) is 0. The van der Waals surface area contributed by atoms with Crippen molar-refractivity contribution in [1.82, 2.24) is 0 Å². The first-order valence-corrected chi connectivity index (χ1v) is 6.59. The SMILES string of the molecule is COc1ccc(C(=O)C(C)C=O)c2cc(CF)sc12. The van der Waals surface area contributed by atoms with Crippen molar-refractivity contribution in [2.24, 2.45) is 5.92 Å². The summed E-state index contributed by atoms with van der Waals surface area (Å²) in [4.78, 5) is 23.4. The Morgan fingerprint density at radius 1 is 1.53 bits per heavy atom. The van der Waals surface area contributed by atoms with Crippen molar-refractivity contribution in [3.05, 3.63) is 28.6 Å². The fraction of sp³-hybridized carbons (Fsp3) is 0.286. The Morgan fingerprint density at radius 2 is 2.26 bits per heavy atom. The molecule has 3 nitrogen and oxygen atoms in total. The fourth-order valence-corrected chi connectivity index (χ4v) is 2.92. The summed E-state index contributed by atoms with van der Waals surface area (Å²) in [6.45, 7) is 0.965. The monoisotopic (exact) mass is 280 g/mol. The number of hydrogen-bond acceptors (Lipinski definition) is 4. The van der Waals surface area contributed by atoms with Crippen LogP contribution < -0.4 is 4.74 Å². The van der Waals surface area contributed by atoms with Crippen LogP contribution in [0.15, 0.2) is 18.2 Å². The standard InChI is InChI=1S/C14H13FO3S/c1-8(7-16)13(17)10-3-4-12(18-2)14-11(10)5-9(6-15)19-14/h3-5,7-8H,6H2,1-2H3. The predicted molar refractivity (Wildman–Crippen MR) is 72.7 cm³/mol. The lowest BCUT2D eigenvalue weighted by atomic mass is 9.97. The highest BCUT2D eigenvalue weighted by Gasteiger charge is 2.20. The summed E-state index contributed by atoms with van der Waals surface area (Å²) in [5, 5.41) is 0.649. The molecule has 1 aromatic heterocycles. The van der Waals surface area contributed by atoms with E-state index in [1.165, 1.54) is 18.4 Å². The van der Waals surface area contributed by atoms with Gasteiger partial charge in [-0.25, -0.2) is 4.39 Å². The average molecular weight is 280 g/mol. The van der Waals surface area contributed by atoms with Crippen molar-refractivity contribution in [2.45, 2.75) is 13.6 Å². The molecule has 0 aliphatic rings. The van der Waals surface area contributed by atoms with Gasteiger partial charge >= 0.3 is 0 Å². The minimum atomic E-state index is -0.703. The topological polar surface area (TPSA) is 43.4 Å². The van der Waals surface area contributed by atoms with Gasteiger partial charge in [-0.1, -0.05) is 0 Å². The molecule has 19 heavy (non-hydrogen) atoms. The molecule has 0 aliphatic heterocycles. The summed E-state index contributed by atoms with van der Waals surface area (Å²) in [6, 6.07) is 4.94. The molecule has 0 amide bonds. The number of ether oxygens (including phenoxy) is 1. The van der Waals surface area contributed by atoms with E-state index in [4.69, 9.17) is 4.74 Å². The van der Waals surface area contributed by atoms with Crippen LogP contribution >= 0.6 is 11.3 Å². The highest BCUT2D eigenvalue weighted by atomic mass is 32.1. The maximum Gasteiger partial charge on any atom is 0.173 e. The van der Waals surface area contributed by atoms with Crippen LogP contribution in [0.25, 0.3) is 10.1 Å². The third-order valence-electron chi connectivity index (χ3n) is 2.93. The lowest BCUT2D eigenvalue weighted by Crippen LogP contribution is -2.12. The third-order valence-corrected chi connectivity index (χ3v) is 4.05. The molecule has 1 atom stereocenters. The van der Waals surface area contributed by atoms with Gasteiger partial charge in [0.05, 0.1) is 17.7 Å². The van der Waals surface area contributed by atoms with Gasteiger partial charge in [-0.3, -0.25) is 4.79 Å². The third kappa shape index (κ3) is 2.38. The maximum absolute atomic E-state index is 12.8. The van der Waals surface area contributed by atoms with Gasteiger partial charge in [0, 0.05) is 15.8 Å². The lowest BCUT2D eigenvalue weighted by molar-refractivity contribution is -0.109. The number of carbonyl (C=O) groups excluding carboxylic acids is 2. The van der Waals surface area contributed by atoms with E-state index in [2.05, 4.69) is 0 Å². The van der Waals surface area contributed by atoms with E-state index < -0.39 is 12.6 Å². The van der Waals surface area contributed by atoms with Gasteiger partial charge in [0.1, 0.15) is 18.7 Å². The molecular formula is C14H13FO3S. The number of halogens is 1. The summed E-state index contributed by atoms with van der Waals surface area (Å²) in [6.07, 6.45) is 0.612. The molecule has 0 N–H and O–H groups in total. The highest BCUT2D eigenvalue weighted by Crippen LogP contribution is 2.36. The van der Waals surface area contributed by atoms with Gasteiger partial charge in [-0.05, 0) is 25.1 Å². The van der Waals surface area contributed by atoms with Crippen molar-refractivity contribution in [3.8, 4) is 5.75 Å². The molecule has 1 aromatic carbocycles. The number of alkyl halides is 1. The van der Waals surface area contributed by atoms with Crippen LogP contribution in [0.4, 0.5) is 4.39 Å². The first kappa shape index (κ1) is 13.7. The number of Topliss-reactive ketones (excluding diaryl/α,β-unsaturated/α-hetero) is 1. The molecule has 1 unspecified atom stereocenters. The van der Waals surface area contributed by atoms with Gasteiger partial charge in [0.15, 0.2) is 5.78 Å². The van der Waals surface area contributed by atoms with Crippen molar-refractivity contribution in [1.29, 1.82) is 0 Å². The molecule has 2 aromatic rings. The molecule has 0 aliphatic carbocycles. The maximum atomic E-state index is 12.8. The Morgan fingerprint density at radius 3 is 2.84 bits per heavy atom. The number of thiophene rings is 1. The molecular weight excluding hydrogens is 267 g/mol. The van der Waals surface area contributed by atoms with Crippen LogP contribution in [0.3, 0.4) is 0 Å². The van der Waals surface area contributed by atoms with Gasteiger partial charge in [0.25, 0.3) is 0 Å². The minimum Gasteiger partial charge on any atom is -0.495 e. The number of carbonyl (C=O) groups is 2. The first-order valence-electron chi connectivity index (χ1n) is 5.77. The molecule has 2 rings (SSSR count). The van der Waals surface area contributed by atoms with E-state index in [-0.39, 0.29) is 5.78 Å². The summed E-state index contributed by atoms with van der Waals surface area (Å²) >= 11 is 1.26. The molecule has 0 saturated heterocycles. The summed E-state index contributed by atoms with van der Waals surface area (Å²) in [5.41, 5.74) is 0.436. The van der Waals surface area contributed by atoms with Gasteiger partial charge < -0.3 is 9.53 Å². The van der Waals surface area contributed by atoms with E-state index in [9.17, 15) is 14.0 Å². The second-order valence-corrected chi connectivity index (χ2v) is 5.33. The Labute approximate surface area is 114 Å². The number of fused-ring (bicyclic) bond motifs is 1. The van der Waals surface area contributed by atoms with E-state index in [1.54, 1.807) is 25.1 Å². The minimum absolute atomic E-state index is 0.258. The summed E-state index contributed by atoms with van der Waals surface area (Å²) in [5.74, 6) is -0.355. The Kier molecular flexibility index (Phi) is 3.95. The molecule has 0 spiro atoms. The number of aldehydes is 1. The zero-order valence-electron chi connectivity index (χ0n) is 10.6. The van der Waals surface area contributed by atoms with E-state index in [0.717, 1.165) is 4.70 Å². The lowest BCUT2D eigenvalue weighted by Gasteiger charge is -2.07. The predicted octanol–water partition coefficient (Wildman–Crippen LogP) is 3.40. The largest absolute Gasteiger partial charge is 0.495 e. The highest BCUT2D eigenvalue weighted by molar-refractivity contribution is 7.19. The van der Waals surface area contributed by atoms with Crippen molar-refractivity contribution in [3.63, 3.8) is 0 Å². The van der Waals surface area contributed by atoms with Crippen LogP contribution in [0.5, 0.6) is 5.75 Å². The van der Waals surface area contributed by atoms with E-state index in [0.29, 0.717) is 27.9 Å². The zero-order chi connectivity index (χ0) is 14.0. The Balaban J connectivity index is 2.65. The second kappa shape index (κ2) is 5.48. The molecule has 0 fully saturated rings. The molecule has 0 saturated carbocycles. The Bertz CT molecular complexity index is 633. The van der Waals surface area contributed by atoms with Crippen LogP contribution in [0.1, 0.15) is 22.2 Å². The number of benzene rings is 1. The van der Waals surface area contributed by atoms with Crippen LogP contribution in [0, 0.1) is 5.92 Å². The van der Waals surface area contributed by atoms with Crippen molar-refractivity contribution >= 4 is 33.5 Å². The van der Waals surface area contributed by atoms with Crippen LogP contribution in [-0.2, 0) is 11.5 Å². The van der Waals surface area contributed by atoms with E-state index >= 15 is 0 Å². The quantitative estimate of drug-likeness (QED) is 0.479. The average Bonchev–Trinajstić information content (AvgIpc) is 2.88. The van der Waals surface area contributed by atoms with E-state index in [1.807, 2.05) is 0 Å². The van der Waals surface area contributed by atoms with Crippen molar-refractivity contribution < 1.29 is 18.7 Å². The number of methoxy groups -OCH3 is 1. The first-order chi connectivity index (χ1) is 9.12. The second-order valence-electron chi connectivity index (χ2n) is 4.19. The van der Waals surface area contributed by atoms with Gasteiger partial charge in [-0.2, -0.15) is 0 Å². The molecule has 1 heterocycles. The number of ketones is 1. The van der Waals surface area contributed by atoms with Gasteiger partial charge in [-0.15, -0.1) is 11.3 Å². The molecule has 5 heteroatoms. The molecule has 0 bridgehead atoms. The summed E-state index contributed by atoms with van der Waals surface area (Å²) in [7, 11) is 1.53. The Hall–Kier alpha value is -1.75. The van der Waals surface area contributed by atoms with Crippen LogP contribution in [-0.4, -0.2) is 19.2 Å². The normalized spacial score (nSPS) is 12.4. The molecule has 0 radical (unpaired) electrons. The van der Waals surface area contributed by atoms with Crippen LogP contribution in [0.2, 0.25) is 0 Å². The van der Waals surface area contributed by atoms with Gasteiger partial charge in [0.2, 0.25) is 0 Å². The summed E-state index contributed by atoms with van der Waals surface area (Å²) < 4.78 is 18.7. The smallest absolute Gasteiger partial charge is 0.173 e.